The molecule has 376 valence electrons. The Morgan fingerprint density at radius 1 is 0.514 bits per heavy atom. The van der Waals surface area contributed by atoms with Gasteiger partial charge in [-0.3, -0.25) is 19.1 Å². The summed E-state index contributed by atoms with van der Waals surface area (Å²) in [6, 6.07) is 14.2. The van der Waals surface area contributed by atoms with Crippen LogP contribution in [-0.2, 0) is 44.0 Å². The molecular weight excluding hydrogens is 975 g/mol. The normalized spacial score (nSPS) is 12.4. The van der Waals surface area contributed by atoms with Crippen molar-refractivity contribution in [2.24, 2.45) is 0 Å². The number of para-hydroxylation sites is 2. The Bertz CT molecular complexity index is 3130. The number of aryl methyl sites for hydroxylation is 2. The van der Waals surface area contributed by atoms with Crippen molar-refractivity contribution < 1.29 is 44.6 Å². The number of hydrogen-bond donors (Lipinski definition) is 0. The Morgan fingerprint density at radius 3 is 1.15 bits per heavy atom. The lowest BCUT2D eigenvalue weighted by atomic mass is 10.1. The molecule has 8 aromatic rings. The van der Waals surface area contributed by atoms with Gasteiger partial charge in [-0.25, -0.2) is 45.6 Å². The van der Waals surface area contributed by atoms with E-state index in [1.807, 2.05) is 26.0 Å². The molecule has 2 atom stereocenters. The molecule has 0 radical (unpaired) electrons. The molecular formula is C48H50F2N12O8S2. The fourth-order valence-electron chi connectivity index (χ4n) is 7.44. The number of pyridine rings is 2. The highest BCUT2D eigenvalue weighted by Gasteiger charge is 2.32. The van der Waals surface area contributed by atoms with Gasteiger partial charge in [-0.05, 0) is 75.2 Å². The average molecular weight is 1030 g/mol. The van der Waals surface area contributed by atoms with Crippen LogP contribution in [0, 0.1) is 25.5 Å². The van der Waals surface area contributed by atoms with Crippen LogP contribution in [0.3, 0.4) is 0 Å². The molecule has 0 N–H and O–H groups in total. The lowest BCUT2D eigenvalue weighted by Gasteiger charge is -2.18. The highest BCUT2D eigenvalue weighted by molar-refractivity contribution is 7.91. The number of methoxy groups -OCH3 is 4. The van der Waals surface area contributed by atoms with E-state index in [4.69, 9.17) is 18.9 Å². The van der Waals surface area contributed by atoms with Crippen LogP contribution in [-0.4, -0.2) is 115 Å². The third-order valence-electron chi connectivity index (χ3n) is 11.4. The molecule has 6 aromatic heterocycles. The van der Waals surface area contributed by atoms with Gasteiger partial charge in [-0.15, -0.1) is 20.4 Å². The largest absolute Gasteiger partial charge is 0.494 e. The van der Waals surface area contributed by atoms with Crippen molar-refractivity contribution in [2.45, 2.75) is 62.5 Å². The summed E-state index contributed by atoms with van der Waals surface area (Å²) in [5.41, 5.74) is 4.03. The Labute approximate surface area is 414 Å². The van der Waals surface area contributed by atoms with Crippen molar-refractivity contribution in [2.75, 3.05) is 28.4 Å². The van der Waals surface area contributed by atoms with Crippen LogP contribution in [0.15, 0.2) is 98.1 Å². The number of aromatic nitrogens is 12. The predicted molar refractivity (Wildman–Crippen MR) is 260 cm³/mol. The molecule has 72 heavy (non-hydrogen) atoms. The lowest BCUT2D eigenvalue weighted by molar-refractivity contribution is 0.390. The number of halogens is 2. The molecule has 0 saturated carbocycles. The monoisotopic (exact) mass is 1020 g/mol. The van der Waals surface area contributed by atoms with Crippen molar-refractivity contribution in [1.29, 1.82) is 0 Å². The summed E-state index contributed by atoms with van der Waals surface area (Å²) in [6.07, 6.45) is 10.7. The molecule has 24 heteroatoms. The van der Waals surface area contributed by atoms with Crippen molar-refractivity contribution in [1.82, 2.24) is 59.4 Å². The van der Waals surface area contributed by atoms with Crippen LogP contribution in [0.1, 0.15) is 48.3 Å². The second-order valence-corrected chi connectivity index (χ2v) is 21.1. The quantitative estimate of drug-likeness (QED) is 0.0920. The summed E-state index contributed by atoms with van der Waals surface area (Å²) in [5.74, 6) is 1.33. The Hall–Kier alpha value is -7.86. The van der Waals surface area contributed by atoms with Crippen molar-refractivity contribution in [3.05, 3.63) is 144 Å². The van der Waals surface area contributed by atoms with E-state index in [2.05, 4.69) is 50.3 Å². The first kappa shape index (κ1) is 52.0. The molecule has 0 aliphatic rings. The maximum atomic E-state index is 13.4. The molecule has 0 spiro atoms. The van der Waals surface area contributed by atoms with E-state index in [0.717, 1.165) is 35.9 Å². The number of rotatable bonds is 18. The lowest BCUT2D eigenvalue weighted by Crippen LogP contribution is -2.24. The van der Waals surface area contributed by atoms with Crippen molar-refractivity contribution in [3.63, 3.8) is 0 Å². The smallest absolute Gasteiger partial charge is 0.170 e. The summed E-state index contributed by atoms with van der Waals surface area (Å²) in [6.45, 7) is 6.91. The zero-order valence-electron chi connectivity index (χ0n) is 40.4. The van der Waals surface area contributed by atoms with E-state index in [1.54, 1.807) is 84.2 Å². The van der Waals surface area contributed by atoms with E-state index >= 15 is 0 Å². The minimum Gasteiger partial charge on any atom is -0.494 e. The van der Waals surface area contributed by atoms with E-state index in [0.29, 0.717) is 57.1 Å². The van der Waals surface area contributed by atoms with Crippen LogP contribution in [0.2, 0.25) is 0 Å². The number of nitrogens with zero attached hydrogens (tertiary/aromatic N) is 12. The van der Waals surface area contributed by atoms with Gasteiger partial charge in [0.15, 0.2) is 54.6 Å². The highest BCUT2D eigenvalue weighted by atomic mass is 32.2. The summed E-state index contributed by atoms with van der Waals surface area (Å²) >= 11 is 0. The van der Waals surface area contributed by atoms with Gasteiger partial charge in [0.2, 0.25) is 0 Å². The second kappa shape index (κ2) is 22.5. The Balaban J connectivity index is 0.000000211. The van der Waals surface area contributed by atoms with Crippen LogP contribution in [0.25, 0.3) is 34.2 Å². The molecule has 0 aliphatic carbocycles. The van der Waals surface area contributed by atoms with E-state index in [-0.39, 0.29) is 36.1 Å². The first-order valence-corrected chi connectivity index (χ1v) is 25.4. The minimum atomic E-state index is -3.76. The van der Waals surface area contributed by atoms with Gasteiger partial charge in [0, 0.05) is 48.8 Å². The van der Waals surface area contributed by atoms with Gasteiger partial charge in [0.1, 0.15) is 57.5 Å². The highest BCUT2D eigenvalue weighted by Crippen LogP contribution is 2.39. The maximum absolute atomic E-state index is 13.4. The molecule has 0 amide bonds. The van der Waals surface area contributed by atoms with Gasteiger partial charge >= 0.3 is 0 Å². The molecule has 0 aliphatic heterocycles. The summed E-state index contributed by atoms with van der Waals surface area (Å²) in [7, 11) is -1.48. The fraction of sp³-hybridized carbons (Fsp3) is 0.292. The summed E-state index contributed by atoms with van der Waals surface area (Å²) < 4.78 is 105. The van der Waals surface area contributed by atoms with Crippen LogP contribution >= 0.6 is 0 Å². The maximum Gasteiger partial charge on any atom is 0.170 e. The SMILES string of the molecule is COc1cccc(OC)c1-n1c(CS(=O)(=O)[C@@H](C)Cc2ncc(F)cn2)nnc1-c1cnccc1C.COc1cccc(OC)c1-n1c(CS(=O)(=O)[C@H](C)Cc2ncc(F)cn2)nnc1-c1cnccc1C. The average Bonchev–Trinajstić information content (AvgIpc) is 3.97. The zero-order chi connectivity index (χ0) is 51.7. The Kier molecular flexibility index (Phi) is 16.2. The second-order valence-electron chi connectivity index (χ2n) is 16.2. The Morgan fingerprint density at radius 2 is 0.847 bits per heavy atom. The molecule has 20 nitrogen and oxygen atoms in total. The third-order valence-corrected chi connectivity index (χ3v) is 15.6. The van der Waals surface area contributed by atoms with E-state index < -0.39 is 53.3 Å². The zero-order valence-corrected chi connectivity index (χ0v) is 42.1. The van der Waals surface area contributed by atoms with E-state index in [9.17, 15) is 25.6 Å². The van der Waals surface area contributed by atoms with Crippen LogP contribution < -0.4 is 18.9 Å². The van der Waals surface area contributed by atoms with Gasteiger partial charge in [-0.1, -0.05) is 12.1 Å². The van der Waals surface area contributed by atoms with Crippen molar-refractivity contribution in [3.8, 4) is 57.1 Å². The van der Waals surface area contributed by atoms with Gasteiger partial charge in [-0.2, -0.15) is 0 Å². The van der Waals surface area contributed by atoms with Crippen molar-refractivity contribution >= 4 is 19.7 Å². The fourth-order valence-corrected chi connectivity index (χ4v) is 9.91. The van der Waals surface area contributed by atoms with E-state index in [1.165, 1.54) is 28.4 Å². The van der Waals surface area contributed by atoms with Crippen LogP contribution in [0.5, 0.6) is 23.0 Å². The molecule has 6 heterocycles. The molecule has 8 rings (SSSR count). The predicted octanol–water partition coefficient (Wildman–Crippen LogP) is 6.26. The first-order valence-electron chi connectivity index (χ1n) is 22.0. The minimum absolute atomic E-state index is 0.0172. The summed E-state index contributed by atoms with van der Waals surface area (Å²) in [5, 5.41) is 15.5. The molecule has 2 aromatic carbocycles. The number of hydrogen-bond acceptors (Lipinski definition) is 18. The summed E-state index contributed by atoms with van der Waals surface area (Å²) in [4.78, 5) is 23.9. The number of ether oxygens (including phenoxy) is 4. The molecule has 0 bridgehead atoms. The van der Waals surface area contributed by atoms with Gasteiger partial charge < -0.3 is 18.9 Å². The standard InChI is InChI=1S/2C24H25FN6O4S/c2*1-15-8-9-26-13-18(15)24-30-29-22(31(24)23-19(34-3)6-5-7-20(23)35-4)14-36(32,33)16(2)10-21-27-11-17(25)12-28-21/h2*5-9,11-13,16H,10,14H2,1-4H3/t2*16-/m10/s1. The van der Waals surface area contributed by atoms with Crippen LogP contribution in [0.4, 0.5) is 8.78 Å². The topological polar surface area (TPSA) is 244 Å². The van der Waals surface area contributed by atoms with Gasteiger partial charge in [0.25, 0.3) is 0 Å². The number of benzene rings is 2. The molecule has 0 unspecified atom stereocenters. The number of sulfone groups is 2. The van der Waals surface area contributed by atoms with Gasteiger partial charge in [0.05, 0.1) is 63.7 Å². The molecule has 0 fully saturated rings. The third kappa shape index (κ3) is 11.5. The first-order chi connectivity index (χ1) is 34.5. The molecule has 0 saturated heterocycles.